The van der Waals surface area contributed by atoms with Crippen molar-refractivity contribution in [2.24, 2.45) is 5.73 Å². The minimum Gasteiger partial charge on any atom is -0.398 e. The van der Waals surface area contributed by atoms with Crippen molar-refractivity contribution in [3.05, 3.63) is 77.6 Å². The second-order valence-electron chi connectivity index (χ2n) is 3.84. The van der Waals surface area contributed by atoms with Gasteiger partial charge in [0.15, 0.2) is 5.78 Å². The first-order valence-electron chi connectivity index (χ1n) is 5.49. The molecule has 0 aliphatic heterocycles. The lowest BCUT2D eigenvalue weighted by Crippen LogP contribution is -2.02. The van der Waals surface area contributed by atoms with Crippen LogP contribution in [0.2, 0.25) is 0 Å². The molecule has 2 N–H and O–H groups in total. The number of nitrogens with two attached hydrogens (primary N) is 1. The van der Waals surface area contributed by atoms with Crippen molar-refractivity contribution >= 4 is 11.5 Å². The summed E-state index contributed by atoms with van der Waals surface area (Å²) in [5.41, 5.74) is 7.32. The van der Waals surface area contributed by atoms with Gasteiger partial charge in [0, 0.05) is 17.3 Å². The Morgan fingerprint density at radius 2 is 1.56 bits per heavy atom. The number of allylic oxidation sites excluding steroid dienone is 1. The molecule has 0 heterocycles. The van der Waals surface area contributed by atoms with Gasteiger partial charge in [-0.05, 0) is 17.7 Å². The highest BCUT2D eigenvalue weighted by molar-refractivity contribution is 6.08. The zero-order valence-electron chi connectivity index (χ0n) is 9.64. The maximum Gasteiger partial charge on any atom is 0.187 e. The Morgan fingerprint density at radius 1 is 0.944 bits per heavy atom. The van der Waals surface area contributed by atoms with Gasteiger partial charge in [-0.1, -0.05) is 42.5 Å². The molecule has 0 unspecified atom stereocenters. The summed E-state index contributed by atoms with van der Waals surface area (Å²) in [5, 5.41) is 0. The molecule has 18 heavy (non-hydrogen) atoms. The van der Waals surface area contributed by atoms with Crippen molar-refractivity contribution in [3.63, 3.8) is 0 Å². The molecule has 0 aliphatic carbocycles. The Labute approximate surface area is 105 Å². The molecule has 90 valence electrons. The first kappa shape index (κ1) is 12.0. The molecule has 0 amide bonds. The van der Waals surface area contributed by atoms with Crippen LogP contribution in [0.3, 0.4) is 0 Å². The summed E-state index contributed by atoms with van der Waals surface area (Å²) in [6, 6.07) is 14.5. The predicted octanol–water partition coefficient (Wildman–Crippen LogP) is 3.01. The molecule has 2 nitrogen and oxygen atoms in total. The molecule has 3 heteroatoms. The van der Waals surface area contributed by atoms with Gasteiger partial charge in [-0.15, -0.1) is 0 Å². The van der Waals surface area contributed by atoms with Gasteiger partial charge in [0.25, 0.3) is 0 Å². The van der Waals surface area contributed by atoms with E-state index in [9.17, 15) is 9.18 Å². The normalized spacial score (nSPS) is 11.3. The number of rotatable bonds is 3. The van der Waals surface area contributed by atoms with Gasteiger partial charge in [-0.2, -0.15) is 0 Å². The van der Waals surface area contributed by atoms with Crippen LogP contribution in [-0.4, -0.2) is 5.78 Å². The van der Waals surface area contributed by atoms with Crippen LogP contribution in [0, 0.1) is 5.82 Å². The Kier molecular flexibility index (Phi) is 3.53. The zero-order chi connectivity index (χ0) is 13.0. The highest BCUT2D eigenvalue weighted by Crippen LogP contribution is 2.11. The number of hydrogen-bond donors (Lipinski definition) is 1. The summed E-state index contributed by atoms with van der Waals surface area (Å²) in [6.45, 7) is 0. The third-order valence-electron chi connectivity index (χ3n) is 2.52. The average molecular weight is 241 g/mol. The van der Waals surface area contributed by atoms with Crippen LogP contribution in [0.15, 0.2) is 60.7 Å². The topological polar surface area (TPSA) is 43.1 Å². The van der Waals surface area contributed by atoms with Crippen molar-refractivity contribution in [2.45, 2.75) is 0 Å². The molecule has 0 fully saturated rings. The van der Waals surface area contributed by atoms with E-state index in [4.69, 9.17) is 5.73 Å². The van der Waals surface area contributed by atoms with Gasteiger partial charge >= 0.3 is 0 Å². The van der Waals surface area contributed by atoms with Gasteiger partial charge in [0.1, 0.15) is 5.82 Å². The predicted molar refractivity (Wildman–Crippen MR) is 69.3 cm³/mol. The molecule has 2 rings (SSSR count). The SMILES string of the molecule is N/C(=C\C(=O)c1ccccc1)c1ccc(F)cc1. The van der Waals surface area contributed by atoms with E-state index in [2.05, 4.69) is 0 Å². The van der Waals surface area contributed by atoms with Crippen LogP contribution in [0.25, 0.3) is 5.70 Å². The fraction of sp³-hybridized carbons (Fsp3) is 0. The Bertz CT molecular complexity index is 573. The van der Waals surface area contributed by atoms with E-state index in [1.807, 2.05) is 6.07 Å². The van der Waals surface area contributed by atoms with E-state index < -0.39 is 0 Å². The first-order chi connectivity index (χ1) is 8.66. The number of halogens is 1. The number of hydrogen-bond acceptors (Lipinski definition) is 2. The van der Waals surface area contributed by atoms with E-state index in [0.717, 1.165) is 0 Å². The number of carbonyl (C=O) groups is 1. The van der Waals surface area contributed by atoms with Gasteiger partial charge in [0.2, 0.25) is 0 Å². The molecule has 0 aliphatic rings. The molecule has 0 bridgehead atoms. The summed E-state index contributed by atoms with van der Waals surface area (Å²) in [5.74, 6) is -0.502. The minimum atomic E-state index is -0.332. The molecule has 0 aromatic heterocycles. The lowest BCUT2D eigenvalue weighted by Gasteiger charge is -2.01. The Hall–Kier alpha value is -2.42. The number of ketones is 1. The van der Waals surface area contributed by atoms with E-state index >= 15 is 0 Å². The third-order valence-corrected chi connectivity index (χ3v) is 2.52. The van der Waals surface area contributed by atoms with E-state index in [1.165, 1.54) is 18.2 Å². The second-order valence-corrected chi connectivity index (χ2v) is 3.84. The van der Waals surface area contributed by atoms with E-state index in [0.29, 0.717) is 16.8 Å². The van der Waals surface area contributed by atoms with Crippen molar-refractivity contribution in [1.29, 1.82) is 0 Å². The van der Waals surface area contributed by atoms with Crippen molar-refractivity contribution in [3.8, 4) is 0 Å². The van der Waals surface area contributed by atoms with Crippen molar-refractivity contribution in [2.75, 3.05) is 0 Å². The first-order valence-corrected chi connectivity index (χ1v) is 5.49. The van der Waals surface area contributed by atoms with Crippen LogP contribution >= 0.6 is 0 Å². The van der Waals surface area contributed by atoms with Crippen LogP contribution in [0.1, 0.15) is 15.9 Å². The maximum absolute atomic E-state index is 12.8. The van der Waals surface area contributed by atoms with Crippen LogP contribution in [-0.2, 0) is 0 Å². The van der Waals surface area contributed by atoms with E-state index in [1.54, 1.807) is 36.4 Å². The van der Waals surface area contributed by atoms with Gasteiger partial charge in [-0.3, -0.25) is 4.79 Å². The summed E-state index contributed by atoms with van der Waals surface area (Å²) in [4.78, 5) is 11.9. The molecular weight excluding hydrogens is 229 g/mol. The van der Waals surface area contributed by atoms with Crippen molar-refractivity contribution < 1.29 is 9.18 Å². The molecular formula is C15H12FNO. The summed E-state index contributed by atoms with van der Waals surface area (Å²) < 4.78 is 12.8. The molecule has 0 spiro atoms. The summed E-state index contributed by atoms with van der Waals surface area (Å²) in [6.07, 6.45) is 1.35. The lowest BCUT2D eigenvalue weighted by molar-refractivity contribution is 0.104. The standard InChI is InChI=1S/C15H12FNO/c16-13-8-6-11(7-9-13)14(17)10-15(18)12-4-2-1-3-5-12/h1-10H,17H2/b14-10-. The fourth-order valence-corrected chi connectivity index (χ4v) is 1.55. The average Bonchev–Trinajstić information content (AvgIpc) is 2.40. The van der Waals surface area contributed by atoms with E-state index in [-0.39, 0.29) is 11.6 Å². The second kappa shape index (κ2) is 5.27. The Morgan fingerprint density at radius 3 is 2.17 bits per heavy atom. The minimum absolute atomic E-state index is 0.169. The van der Waals surface area contributed by atoms with Gasteiger partial charge in [-0.25, -0.2) is 4.39 Å². The van der Waals surface area contributed by atoms with Gasteiger partial charge in [0.05, 0.1) is 0 Å². The highest BCUT2D eigenvalue weighted by atomic mass is 19.1. The summed E-state index contributed by atoms with van der Waals surface area (Å²) >= 11 is 0. The Balaban J connectivity index is 2.23. The summed E-state index contributed by atoms with van der Waals surface area (Å²) in [7, 11) is 0. The molecule has 2 aromatic carbocycles. The monoisotopic (exact) mass is 241 g/mol. The maximum atomic E-state index is 12.8. The molecule has 0 saturated heterocycles. The van der Waals surface area contributed by atoms with Crippen LogP contribution < -0.4 is 5.73 Å². The molecule has 0 saturated carbocycles. The van der Waals surface area contributed by atoms with Crippen molar-refractivity contribution in [1.82, 2.24) is 0 Å². The zero-order valence-corrected chi connectivity index (χ0v) is 9.64. The van der Waals surface area contributed by atoms with Crippen LogP contribution in [0.4, 0.5) is 4.39 Å². The highest BCUT2D eigenvalue weighted by Gasteiger charge is 2.04. The number of benzene rings is 2. The number of carbonyl (C=O) groups excluding carboxylic acids is 1. The molecule has 0 atom stereocenters. The quantitative estimate of drug-likeness (QED) is 0.663. The smallest absolute Gasteiger partial charge is 0.187 e. The van der Waals surface area contributed by atoms with Gasteiger partial charge < -0.3 is 5.73 Å². The lowest BCUT2D eigenvalue weighted by atomic mass is 10.1. The third kappa shape index (κ3) is 2.83. The fourth-order valence-electron chi connectivity index (χ4n) is 1.55. The van der Waals surface area contributed by atoms with Crippen LogP contribution in [0.5, 0.6) is 0 Å². The largest absolute Gasteiger partial charge is 0.398 e. The molecule has 0 radical (unpaired) electrons. The molecule has 2 aromatic rings.